The van der Waals surface area contributed by atoms with Gasteiger partial charge in [0.2, 0.25) is 5.91 Å². The van der Waals surface area contributed by atoms with Gasteiger partial charge >= 0.3 is 0 Å². The van der Waals surface area contributed by atoms with Crippen molar-refractivity contribution in [3.63, 3.8) is 0 Å². The van der Waals surface area contributed by atoms with Crippen LogP contribution in [0.1, 0.15) is 31.2 Å². The first-order valence-corrected chi connectivity index (χ1v) is 7.16. The number of alkyl halides is 1. The summed E-state index contributed by atoms with van der Waals surface area (Å²) in [5.74, 6) is -0.436. The highest BCUT2D eigenvalue weighted by Gasteiger charge is 2.42. The number of halogens is 2. The smallest absolute Gasteiger partial charge is 0.235 e. The molecule has 0 aliphatic heterocycles. The molecule has 0 heterocycles. The van der Waals surface area contributed by atoms with Crippen LogP contribution >= 0.6 is 23.2 Å². The number of ketones is 1. The lowest BCUT2D eigenvalue weighted by atomic mass is 9.75. The Kier molecular flexibility index (Phi) is 4.48. The van der Waals surface area contributed by atoms with Crippen LogP contribution < -0.4 is 5.32 Å². The molecule has 1 atom stereocenters. The van der Waals surface area contributed by atoms with Crippen molar-refractivity contribution in [1.29, 1.82) is 0 Å². The third-order valence-electron chi connectivity index (χ3n) is 3.49. The van der Waals surface area contributed by atoms with Gasteiger partial charge in [-0.25, -0.2) is 0 Å². The summed E-state index contributed by atoms with van der Waals surface area (Å²) in [6.07, 6.45) is 2.85. The Hall–Kier alpha value is -1.06. The lowest BCUT2D eigenvalue weighted by Gasteiger charge is -2.37. The van der Waals surface area contributed by atoms with Gasteiger partial charge in [0.05, 0.1) is 0 Å². The van der Waals surface area contributed by atoms with Crippen molar-refractivity contribution >= 4 is 34.9 Å². The Morgan fingerprint density at radius 1 is 1.26 bits per heavy atom. The summed E-state index contributed by atoms with van der Waals surface area (Å²) in [6, 6.07) is 7.04. The molecule has 1 fully saturated rings. The topological polar surface area (TPSA) is 46.2 Å². The van der Waals surface area contributed by atoms with Crippen LogP contribution in [0, 0.1) is 0 Å². The molecule has 0 spiro atoms. The summed E-state index contributed by atoms with van der Waals surface area (Å²) in [7, 11) is 0. The van der Waals surface area contributed by atoms with Crippen LogP contribution in [0.25, 0.3) is 0 Å². The van der Waals surface area contributed by atoms with E-state index in [2.05, 4.69) is 5.32 Å². The van der Waals surface area contributed by atoms with Crippen molar-refractivity contribution in [3.8, 4) is 0 Å². The molecule has 1 N–H and O–H groups in total. The molecule has 1 aromatic carbocycles. The van der Waals surface area contributed by atoms with Gasteiger partial charge in [0.15, 0.2) is 5.78 Å². The number of nitrogens with one attached hydrogen (secondary N) is 1. The number of Topliss-reactive ketones (excluding diaryl/α,β-unsaturated/α-hetero) is 1. The van der Waals surface area contributed by atoms with E-state index in [0.29, 0.717) is 17.9 Å². The average molecular weight is 300 g/mol. The van der Waals surface area contributed by atoms with E-state index in [1.165, 1.54) is 0 Å². The molecule has 2 rings (SSSR count). The van der Waals surface area contributed by atoms with Gasteiger partial charge in [0.1, 0.15) is 11.4 Å². The minimum atomic E-state index is -0.936. The molecule has 1 amide bonds. The fourth-order valence-corrected chi connectivity index (χ4v) is 2.74. The van der Waals surface area contributed by atoms with Crippen LogP contribution in [0.4, 0.5) is 0 Å². The molecule has 1 aliphatic carbocycles. The third kappa shape index (κ3) is 2.93. The molecule has 3 nitrogen and oxygen atoms in total. The number of amides is 1. The summed E-state index contributed by atoms with van der Waals surface area (Å²) in [5, 5.41) is 3.41. The number of benzene rings is 1. The maximum absolute atomic E-state index is 12.4. The highest BCUT2D eigenvalue weighted by molar-refractivity contribution is 6.30. The molecular weight excluding hydrogens is 285 g/mol. The van der Waals surface area contributed by atoms with E-state index in [0.717, 1.165) is 18.4 Å². The number of hydrogen-bond donors (Lipinski definition) is 1. The largest absolute Gasteiger partial charge is 0.339 e. The van der Waals surface area contributed by atoms with Gasteiger partial charge in [0, 0.05) is 11.4 Å². The fraction of sp³-hybridized carbons (Fsp3) is 0.429. The van der Waals surface area contributed by atoms with Crippen molar-refractivity contribution in [1.82, 2.24) is 5.32 Å². The van der Waals surface area contributed by atoms with Crippen LogP contribution in [0.15, 0.2) is 24.3 Å². The fourth-order valence-electron chi connectivity index (χ4n) is 2.54. The number of carbonyl (C=O) groups is 2. The molecule has 1 aliphatic rings. The SMILES string of the molecule is O=C(CCl)NC1(c2ccc(Cl)cc2)CCCCC1=O. The summed E-state index contributed by atoms with van der Waals surface area (Å²) >= 11 is 11.4. The highest BCUT2D eigenvalue weighted by atomic mass is 35.5. The predicted octanol–water partition coefficient (Wildman–Crippen LogP) is 3.03. The van der Waals surface area contributed by atoms with Gasteiger partial charge in [-0.3, -0.25) is 9.59 Å². The van der Waals surface area contributed by atoms with E-state index in [-0.39, 0.29) is 17.6 Å². The molecule has 0 bridgehead atoms. The van der Waals surface area contributed by atoms with E-state index >= 15 is 0 Å². The van der Waals surface area contributed by atoms with Crippen LogP contribution in [0.2, 0.25) is 5.02 Å². The molecule has 1 aromatic rings. The molecule has 1 unspecified atom stereocenters. The second-order valence-corrected chi connectivity index (χ2v) is 5.43. The first kappa shape index (κ1) is 14.4. The molecule has 0 radical (unpaired) electrons. The lowest BCUT2D eigenvalue weighted by Crippen LogP contribution is -2.53. The van der Waals surface area contributed by atoms with Crippen molar-refractivity contribution in [2.75, 3.05) is 5.88 Å². The maximum atomic E-state index is 12.4. The Labute approximate surface area is 122 Å². The monoisotopic (exact) mass is 299 g/mol. The van der Waals surface area contributed by atoms with E-state index in [1.54, 1.807) is 24.3 Å². The minimum absolute atomic E-state index is 0.0412. The summed E-state index contributed by atoms with van der Waals surface area (Å²) in [6.45, 7) is 0. The predicted molar refractivity (Wildman–Crippen MR) is 75.5 cm³/mol. The van der Waals surface area contributed by atoms with Gasteiger partial charge in [-0.1, -0.05) is 23.7 Å². The Bertz CT molecular complexity index is 487. The zero-order chi connectivity index (χ0) is 13.9. The summed E-state index contributed by atoms with van der Waals surface area (Å²) in [5.41, 5.74) is -0.158. The molecule has 102 valence electrons. The number of hydrogen-bond acceptors (Lipinski definition) is 2. The first-order chi connectivity index (χ1) is 9.08. The lowest BCUT2D eigenvalue weighted by molar-refractivity contribution is -0.133. The van der Waals surface area contributed by atoms with Crippen LogP contribution in [0.3, 0.4) is 0 Å². The van der Waals surface area contributed by atoms with E-state index < -0.39 is 5.54 Å². The zero-order valence-corrected chi connectivity index (χ0v) is 11.9. The van der Waals surface area contributed by atoms with E-state index in [4.69, 9.17) is 23.2 Å². The number of rotatable bonds is 3. The Morgan fingerprint density at radius 3 is 2.53 bits per heavy atom. The van der Waals surface area contributed by atoms with E-state index in [9.17, 15) is 9.59 Å². The van der Waals surface area contributed by atoms with E-state index in [1.807, 2.05) is 0 Å². The maximum Gasteiger partial charge on any atom is 0.235 e. The van der Waals surface area contributed by atoms with Gasteiger partial charge in [-0.2, -0.15) is 0 Å². The van der Waals surface area contributed by atoms with Crippen LogP contribution in [0.5, 0.6) is 0 Å². The van der Waals surface area contributed by atoms with Crippen LogP contribution in [-0.4, -0.2) is 17.6 Å². The quantitative estimate of drug-likeness (QED) is 0.872. The average Bonchev–Trinajstić information content (AvgIpc) is 2.42. The standard InChI is InChI=1S/C14H15Cl2NO2/c15-9-13(19)17-14(8-2-1-3-12(14)18)10-4-6-11(16)7-5-10/h4-7H,1-3,8-9H2,(H,17,19). The summed E-state index contributed by atoms with van der Waals surface area (Å²) < 4.78 is 0. The zero-order valence-electron chi connectivity index (χ0n) is 10.4. The highest BCUT2D eigenvalue weighted by Crippen LogP contribution is 2.35. The molecule has 0 aromatic heterocycles. The second-order valence-electron chi connectivity index (χ2n) is 4.72. The minimum Gasteiger partial charge on any atom is -0.339 e. The Balaban J connectivity index is 2.40. The third-order valence-corrected chi connectivity index (χ3v) is 3.99. The van der Waals surface area contributed by atoms with Crippen molar-refractivity contribution in [2.45, 2.75) is 31.2 Å². The number of carbonyl (C=O) groups excluding carboxylic acids is 2. The molecule has 19 heavy (non-hydrogen) atoms. The van der Waals surface area contributed by atoms with Crippen molar-refractivity contribution in [3.05, 3.63) is 34.9 Å². The molecular formula is C14H15Cl2NO2. The van der Waals surface area contributed by atoms with Gasteiger partial charge < -0.3 is 5.32 Å². The van der Waals surface area contributed by atoms with Crippen molar-refractivity contribution in [2.24, 2.45) is 0 Å². The van der Waals surface area contributed by atoms with Gasteiger partial charge in [-0.15, -0.1) is 11.6 Å². The Morgan fingerprint density at radius 2 is 1.95 bits per heavy atom. The second kappa shape index (κ2) is 5.93. The van der Waals surface area contributed by atoms with Crippen LogP contribution in [-0.2, 0) is 15.1 Å². The molecule has 5 heteroatoms. The normalized spacial score (nSPS) is 23.2. The molecule has 0 saturated heterocycles. The summed E-state index contributed by atoms with van der Waals surface area (Å²) in [4.78, 5) is 24.0. The van der Waals surface area contributed by atoms with Gasteiger partial charge in [-0.05, 0) is 37.0 Å². The first-order valence-electron chi connectivity index (χ1n) is 6.25. The molecule has 1 saturated carbocycles. The van der Waals surface area contributed by atoms with Crippen molar-refractivity contribution < 1.29 is 9.59 Å². The van der Waals surface area contributed by atoms with Gasteiger partial charge in [0.25, 0.3) is 0 Å².